The highest BCUT2D eigenvalue weighted by Crippen LogP contribution is 2.24. The number of ether oxygens (including phenoxy) is 1. The van der Waals surface area contributed by atoms with Gasteiger partial charge in [0.25, 0.3) is 0 Å². The number of methoxy groups -OCH3 is 1. The number of likely N-dealkylation sites (tertiary alicyclic amines) is 1. The Bertz CT molecular complexity index is 503. The molecule has 2 rings (SSSR count). The summed E-state index contributed by atoms with van der Waals surface area (Å²) in [6.45, 7) is 5.88. The lowest BCUT2D eigenvalue weighted by atomic mass is 9.96. The van der Waals surface area contributed by atoms with Gasteiger partial charge in [-0.15, -0.1) is 12.4 Å². The fourth-order valence-corrected chi connectivity index (χ4v) is 3.09. The molecule has 0 aliphatic carbocycles. The SMILES string of the molecule is CCNCC1CCN(C(=O)Cc2cc(Cl)ccc2OC)CC1.Cl. The second-order valence-electron chi connectivity index (χ2n) is 5.76. The first-order valence-corrected chi connectivity index (χ1v) is 8.32. The van der Waals surface area contributed by atoms with Crippen LogP contribution in [0.2, 0.25) is 5.02 Å². The van der Waals surface area contributed by atoms with E-state index in [1.165, 1.54) is 0 Å². The summed E-state index contributed by atoms with van der Waals surface area (Å²) in [6.07, 6.45) is 2.50. The van der Waals surface area contributed by atoms with Gasteiger partial charge in [0.05, 0.1) is 13.5 Å². The van der Waals surface area contributed by atoms with Crippen LogP contribution in [0.15, 0.2) is 18.2 Å². The largest absolute Gasteiger partial charge is 0.496 e. The summed E-state index contributed by atoms with van der Waals surface area (Å²) in [5.41, 5.74) is 0.856. The van der Waals surface area contributed by atoms with Gasteiger partial charge < -0.3 is 15.0 Å². The van der Waals surface area contributed by atoms with E-state index >= 15 is 0 Å². The lowest BCUT2D eigenvalue weighted by molar-refractivity contribution is -0.131. The first-order valence-electron chi connectivity index (χ1n) is 7.95. The minimum absolute atomic E-state index is 0. The van der Waals surface area contributed by atoms with Crippen LogP contribution >= 0.6 is 24.0 Å². The summed E-state index contributed by atoms with van der Waals surface area (Å²) in [6, 6.07) is 5.41. The van der Waals surface area contributed by atoms with Crippen LogP contribution in [-0.2, 0) is 11.2 Å². The minimum atomic E-state index is 0. The van der Waals surface area contributed by atoms with E-state index in [0.29, 0.717) is 17.4 Å². The predicted molar refractivity (Wildman–Crippen MR) is 96.8 cm³/mol. The Hall–Kier alpha value is -0.970. The number of rotatable bonds is 6. The molecule has 23 heavy (non-hydrogen) atoms. The standard InChI is InChI=1S/C17H25ClN2O2.ClH/c1-3-19-12-13-6-8-20(9-7-13)17(21)11-14-10-15(18)4-5-16(14)22-2;/h4-5,10,13,19H,3,6-9,11-12H2,1-2H3;1H. The average Bonchev–Trinajstić information content (AvgIpc) is 2.53. The number of carbonyl (C=O) groups is 1. The number of hydrogen-bond donors (Lipinski definition) is 1. The van der Waals surface area contributed by atoms with Crippen molar-refractivity contribution in [3.8, 4) is 5.75 Å². The van der Waals surface area contributed by atoms with Gasteiger partial charge in [-0.3, -0.25) is 4.79 Å². The molecule has 1 aromatic carbocycles. The smallest absolute Gasteiger partial charge is 0.227 e. The van der Waals surface area contributed by atoms with E-state index in [1.54, 1.807) is 13.2 Å². The zero-order chi connectivity index (χ0) is 15.9. The summed E-state index contributed by atoms with van der Waals surface area (Å²) in [5, 5.41) is 4.02. The Morgan fingerprint density at radius 3 is 2.70 bits per heavy atom. The fourth-order valence-electron chi connectivity index (χ4n) is 2.89. The van der Waals surface area contributed by atoms with Gasteiger partial charge in [-0.05, 0) is 50.0 Å². The number of amides is 1. The molecule has 4 nitrogen and oxygen atoms in total. The molecule has 0 saturated carbocycles. The van der Waals surface area contributed by atoms with Crippen molar-refractivity contribution in [2.45, 2.75) is 26.2 Å². The molecule has 0 radical (unpaired) electrons. The third-order valence-electron chi connectivity index (χ3n) is 4.23. The summed E-state index contributed by atoms with van der Waals surface area (Å²) >= 11 is 6.02. The van der Waals surface area contributed by atoms with E-state index in [9.17, 15) is 4.79 Å². The molecule has 1 N–H and O–H groups in total. The van der Waals surface area contributed by atoms with Crippen LogP contribution in [0.4, 0.5) is 0 Å². The van der Waals surface area contributed by atoms with Crippen LogP contribution in [0.5, 0.6) is 5.75 Å². The van der Waals surface area contributed by atoms with Crippen LogP contribution in [0.3, 0.4) is 0 Å². The van der Waals surface area contributed by atoms with Crippen molar-refractivity contribution in [1.82, 2.24) is 10.2 Å². The van der Waals surface area contributed by atoms with Gasteiger partial charge in [0.15, 0.2) is 0 Å². The normalized spacial score (nSPS) is 15.2. The van der Waals surface area contributed by atoms with Crippen molar-refractivity contribution < 1.29 is 9.53 Å². The zero-order valence-electron chi connectivity index (χ0n) is 13.8. The van der Waals surface area contributed by atoms with Crippen LogP contribution in [-0.4, -0.2) is 44.1 Å². The molecule has 1 aliphatic rings. The van der Waals surface area contributed by atoms with Crippen molar-refractivity contribution in [1.29, 1.82) is 0 Å². The van der Waals surface area contributed by atoms with Gasteiger partial charge >= 0.3 is 0 Å². The molecule has 0 atom stereocenters. The average molecular weight is 361 g/mol. The van der Waals surface area contributed by atoms with Crippen molar-refractivity contribution in [2.24, 2.45) is 5.92 Å². The summed E-state index contributed by atoms with van der Waals surface area (Å²) < 4.78 is 5.31. The van der Waals surface area contributed by atoms with E-state index in [1.807, 2.05) is 17.0 Å². The predicted octanol–water partition coefficient (Wildman–Crippen LogP) is 3.16. The molecule has 1 aromatic rings. The lowest BCUT2D eigenvalue weighted by Gasteiger charge is -2.32. The Balaban J connectivity index is 0.00000264. The molecular formula is C17H26Cl2N2O2. The first kappa shape index (κ1) is 20.1. The Kier molecular flexibility index (Phi) is 8.74. The fraction of sp³-hybridized carbons (Fsp3) is 0.588. The first-order chi connectivity index (χ1) is 10.6. The van der Waals surface area contributed by atoms with E-state index in [-0.39, 0.29) is 18.3 Å². The number of benzene rings is 1. The molecule has 1 saturated heterocycles. The zero-order valence-corrected chi connectivity index (χ0v) is 15.4. The number of hydrogen-bond acceptors (Lipinski definition) is 3. The summed E-state index contributed by atoms with van der Waals surface area (Å²) in [4.78, 5) is 14.4. The maximum atomic E-state index is 12.5. The second kappa shape index (κ2) is 10.0. The summed E-state index contributed by atoms with van der Waals surface area (Å²) in [5.74, 6) is 1.56. The maximum absolute atomic E-state index is 12.5. The van der Waals surface area contributed by atoms with Crippen LogP contribution in [0, 0.1) is 5.92 Å². The molecule has 1 amide bonds. The van der Waals surface area contributed by atoms with Gasteiger partial charge in [-0.25, -0.2) is 0 Å². The number of piperidine rings is 1. The second-order valence-corrected chi connectivity index (χ2v) is 6.20. The molecule has 0 bridgehead atoms. The van der Waals surface area contributed by atoms with Crippen molar-refractivity contribution >= 4 is 29.9 Å². The Morgan fingerprint density at radius 2 is 2.09 bits per heavy atom. The Morgan fingerprint density at radius 1 is 1.39 bits per heavy atom. The topological polar surface area (TPSA) is 41.6 Å². The highest BCUT2D eigenvalue weighted by Gasteiger charge is 2.23. The number of nitrogens with zero attached hydrogens (tertiary/aromatic N) is 1. The van der Waals surface area contributed by atoms with Crippen LogP contribution in [0.25, 0.3) is 0 Å². The molecule has 1 fully saturated rings. The molecule has 0 aromatic heterocycles. The monoisotopic (exact) mass is 360 g/mol. The highest BCUT2D eigenvalue weighted by molar-refractivity contribution is 6.30. The van der Waals surface area contributed by atoms with Crippen molar-refractivity contribution in [3.63, 3.8) is 0 Å². The molecular weight excluding hydrogens is 335 g/mol. The molecule has 130 valence electrons. The number of carbonyl (C=O) groups excluding carboxylic acids is 1. The number of halogens is 2. The minimum Gasteiger partial charge on any atom is -0.496 e. The van der Waals surface area contributed by atoms with Crippen LogP contribution < -0.4 is 10.1 Å². The van der Waals surface area contributed by atoms with E-state index in [0.717, 1.165) is 50.3 Å². The molecule has 1 aliphatic heterocycles. The molecule has 0 unspecified atom stereocenters. The van der Waals surface area contributed by atoms with Gasteiger partial charge in [0.2, 0.25) is 5.91 Å². The van der Waals surface area contributed by atoms with Crippen molar-refractivity contribution in [2.75, 3.05) is 33.3 Å². The summed E-state index contributed by atoms with van der Waals surface area (Å²) in [7, 11) is 1.61. The van der Waals surface area contributed by atoms with Crippen molar-refractivity contribution in [3.05, 3.63) is 28.8 Å². The van der Waals surface area contributed by atoms with Gasteiger partial charge in [0.1, 0.15) is 5.75 Å². The molecule has 1 heterocycles. The van der Waals surface area contributed by atoms with Gasteiger partial charge in [-0.2, -0.15) is 0 Å². The molecule has 6 heteroatoms. The quantitative estimate of drug-likeness (QED) is 0.846. The maximum Gasteiger partial charge on any atom is 0.227 e. The van der Waals surface area contributed by atoms with Gasteiger partial charge in [-0.1, -0.05) is 18.5 Å². The van der Waals surface area contributed by atoms with E-state index < -0.39 is 0 Å². The molecule has 0 spiro atoms. The lowest BCUT2D eigenvalue weighted by Crippen LogP contribution is -2.41. The van der Waals surface area contributed by atoms with E-state index in [4.69, 9.17) is 16.3 Å². The third kappa shape index (κ3) is 5.87. The van der Waals surface area contributed by atoms with Gasteiger partial charge in [0, 0.05) is 23.7 Å². The highest BCUT2D eigenvalue weighted by atomic mass is 35.5. The third-order valence-corrected chi connectivity index (χ3v) is 4.47. The Labute approximate surface area is 149 Å². The van der Waals surface area contributed by atoms with Crippen LogP contribution in [0.1, 0.15) is 25.3 Å². The number of nitrogens with one attached hydrogen (secondary N) is 1. The van der Waals surface area contributed by atoms with E-state index in [2.05, 4.69) is 12.2 Å².